The second-order valence-electron chi connectivity index (χ2n) is 4.89. The minimum atomic E-state index is 0.937. The van der Waals surface area contributed by atoms with Crippen LogP contribution < -0.4 is 5.32 Å². The number of nitrogens with one attached hydrogen (secondary N) is 1. The molecule has 0 unspecified atom stereocenters. The molecule has 3 heteroatoms. The third-order valence-electron chi connectivity index (χ3n) is 3.59. The summed E-state index contributed by atoms with van der Waals surface area (Å²) < 4.78 is 2.36. The van der Waals surface area contributed by atoms with E-state index in [4.69, 9.17) is 0 Å². The van der Waals surface area contributed by atoms with E-state index in [0.29, 0.717) is 0 Å². The van der Waals surface area contributed by atoms with E-state index in [1.54, 1.807) is 0 Å². The highest BCUT2D eigenvalue weighted by atomic mass is 15.0. The summed E-state index contributed by atoms with van der Waals surface area (Å²) in [6, 6.07) is 8.35. The highest BCUT2D eigenvalue weighted by Crippen LogP contribution is 2.14. The molecule has 0 bridgehead atoms. The van der Waals surface area contributed by atoms with Gasteiger partial charge < -0.3 is 9.88 Å². The van der Waals surface area contributed by atoms with Gasteiger partial charge in [0.1, 0.15) is 0 Å². The molecule has 0 aliphatic rings. The Morgan fingerprint density at radius 3 is 2.74 bits per heavy atom. The number of hydrogen-bond acceptors (Lipinski definition) is 2. The molecular weight excluding hydrogens is 234 g/mol. The van der Waals surface area contributed by atoms with E-state index in [1.165, 1.54) is 17.0 Å². The van der Waals surface area contributed by atoms with Crippen LogP contribution in [0.3, 0.4) is 0 Å². The van der Waals surface area contributed by atoms with Crippen molar-refractivity contribution in [2.24, 2.45) is 0 Å². The van der Waals surface area contributed by atoms with E-state index >= 15 is 0 Å². The van der Waals surface area contributed by atoms with Crippen LogP contribution in [0.15, 0.2) is 30.5 Å². The van der Waals surface area contributed by atoms with Gasteiger partial charge in [-0.2, -0.15) is 0 Å². The van der Waals surface area contributed by atoms with Crippen molar-refractivity contribution in [1.29, 1.82) is 0 Å². The van der Waals surface area contributed by atoms with Gasteiger partial charge in [-0.3, -0.25) is 4.98 Å². The maximum Gasteiger partial charge on any atom is 0.0416 e. The van der Waals surface area contributed by atoms with E-state index in [0.717, 1.165) is 31.7 Å². The monoisotopic (exact) mass is 257 g/mol. The highest BCUT2D eigenvalue weighted by molar-refractivity contribution is 5.26. The molecule has 0 spiro atoms. The lowest BCUT2D eigenvalue weighted by molar-refractivity contribution is 0.667. The molecule has 2 aromatic rings. The fourth-order valence-corrected chi connectivity index (χ4v) is 2.52. The predicted octanol–water partition coefficient (Wildman–Crippen LogP) is 2.85. The number of nitrogens with zero attached hydrogens (tertiary/aromatic N) is 2. The Balaban J connectivity index is 1.83. The molecule has 0 aromatic carbocycles. The fraction of sp³-hybridized carbons (Fsp3) is 0.438. The molecular formula is C16H23N3. The van der Waals surface area contributed by atoms with E-state index < -0.39 is 0 Å². The zero-order valence-electron chi connectivity index (χ0n) is 12.1. The molecule has 0 saturated heterocycles. The third-order valence-corrected chi connectivity index (χ3v) is 3.59. The van der Waals surface area contributed by atoms with Crippen LogP contribution in [0.4, 0.5) is 0 Å². The number of hydrogen-bond donors (Lipinski definition) is 1. The molecule has 2 heterocycles. The van der Waals surface area contributed by atoms with Crippen LogP contribution in [0.25, 0.3) is 0 Å². The van der Waals surface area contributed by atoms with Crippen molar-refractivity contribution < 1.29 is 0 Å². The molecule has 1 N–H and O–H groups in total. The van der Waals surface area contributed by atoms with Crippen LogP contribution in [0.5, 0.6) is 0 Å². The number of pyridine rings is 1. The first-order valence-corrected chi connectivity index (χ1v) is 6.98. The Labute approximate surface area is 115 Å². The Kier molecular flexibility index (Phi) is 4.74. The smallest absolute Gasteiger partial charge is 0.0416 e. The standard InChI is InChI=1S/C16H23N3/c1-4-19-13(2)11-15(14(19)3)12-17-10-8-16-7-5-6-9-18-16/h5-7,9,11,17H,4,8,10,12H2,1-3H3. The third kappa shape index (κ3) is 3.44. The largest absolute Gasteiger partial charge is 0.349 e. The van der Waals surface area contributed by atoms with Crippen molar-refractivity contribution in [3.63, 3.8) is 0 Å². The molecule has 0 fully saturated rings. The van der Waals surface area contributed by atoms with Gasteiger partial charge in [0, 0.05) is 49.3 Å². The van der Waals surface area contributed by atoms with Crippen molar-refractivity contribution in [2.45, 2.75) is 40.3 Å². The summed E-state index contributed by atoms with van der Waals surface area (Å²) in [6.07, 6.45) is 2.83. The molecule has 0 atom stereocenters. The molecule has 0 saturated carbocycles. The summed E-state index contributed by atoms with van der Waals surface area (Å²) in [6.45, 7) is 9.52. The summed E-state index contributed by atoms with van der Waals surface area (Å²) in [5.74, 6) is 0. The molecule has 3 nitrogen and oxygen atoms in total. The van der Waals surface area contributed by atoms with Crippen LogP contribution in [0.1, 0.15) is 29.6 Å². The lowest BCUT2D eigenvalue weighted by Crippen LogP contribution is -2.17. The normalized spacial score (nSPS) is 10.9. The van der Waals surface area contributed by atoms with Gasteiger partial charge in [-0.05, 0) is 44.5 Å². The average molecular weight is 257 g/mol. The summed E-state index contributed by atoms with van der Waals surface area (Å²) in [5.41, 5.74) is 5.28. The van der Waals surface area contributed by atoms with Crippen LogP contribution in [0.2, 0.25) is 0 Å². The number of aromatic nitrogens is 2. The highest BCUT2D eigenvalue weighted by Gasteiger charge is 2.06. The van der Waals surface area contributed by atoms with Crippen molar-refractivity contribution in [3.05, 3.63) is 53.1 Å². The average Bonchev–Trinajstić information content (AvgIpc) is 2.70. The molecule has 0 aliphatic carbocycles. The Bertz CT molecular complexity index is 514. The zero-order valence-corrected chi connectivity index (χ0v) is 12.1. The molecule has 0 aliphatic heterocycles. The predicted molar refractivity (Wildman–Crippen MR) is 79.2 cm³/mol. The van der Waals surface area contributed by atoms with Gasteiger partial charge in [0.25, 0.3) is 0 Å². The van der Waals surface area contributed by atoms with Crippen LogP contribution >= 0.6 is 0 Å². The van der Waals surface area contributed by atoms with E-state index in [9.17, 15) is 0 Å². The second kappa shape index (κ2) is 6.53. The first kappa shape index (κ1) is 13.8. The summed E-state index contributed by atoms with van der Waals surface area (Å²) in [5, 5.41) is 3.50. The van der Waals surface area contributed by atoms with Gasteiger partial charge in [0.15, 0.2) is 0 Å². The topological polar surface area (TPSA) is 29.9 Å². The van der Waals surface area contributed by atoms with Gasteiger partial charge in [-0.15, -0.1) is 0 Å². The second-order valence-corrected chi connectivity index (χ2v) is 4.89. The number of rotatable bonds is 6. The first-order valence-electron chi connectivity index (χ1n) is 6.98. The molecule has 19 heavy (non-hydrogen) atoms. The minimum absolute atomic E-state index is 0.937. The zero-order chi connectivity index (χ0) is 13.7. The van der Waals surface area contributed by atoms with Crippen molar-refractivity contribution >= 4 is 0 Å². The quantitative estimate of drug-likeness (QED) is 0.806. The van der Waals surface area contributed by atoms with Gasteiger partial charge in [0.05, 0.1) is 0 Å². The summed E-state index contributed by atoms with van der Waals surface area (Å²) in [7, 11) is 0. The molecule has 0 radical (unpaired) electrons. The minimum Gasteiger partial charge on any atom is -0.349 e. The molecule has 2 aromatic heterocycles. The van der Waals surface area contributed by atoms with Gasteiger partial charge in [0.2, 0.25) is 0 Å². The van der Waals surface area contributed by atoms with Crippen LogP contribution in [-0.4, -0.2) is 16.1 Å². The van der Waals surface area contributed by atoms with E-state index in [1.807, 2.05) is 18.3 Å². The Morgan fingerprint density at radius 1 is 1.26 bits per heavy atom. The van der Waals surface area contributed by atoms with E-state index in [2.05, 4.69) is 47.8 Å². The Hall–Kier alpha value is -1.61. The van der Waals surface area contributed by atoms with Gasteiger partial charge in [-0.25, -0.2) is 0 Å². The first-order chi connectivity index (χ1) is 9.22. The fourth-order valence-electron chi connectivity index (χ4n) is 2.52. The van der Waals surface area contributed by atoms with E-state index in [-0.39, 0.29) is 0 Å². The Morgan fingerprint density at radius 2 is 2.11 bits per heavy atom. The summed E-state index contributed by atoms with van der Waals surface area (Å²) in [4.78, 5) is 4.33. The maximum atomic E-state index is 4.33. The SMILES string of the molecule is CCn1c(C)cc(CNCCc2ccccn2)c1C. The molecule has 102 valence electrons. The van der Waals surface area contributed by atoms with Crippen molar-refractivity contribution in [2.75, 3.05) is 6.54 Å². The molecule has 0 amide bonds. The maximum absolute atomic E-state index is 4.33. The number of aryl methyl sites for hydroxylation is 1. The lowest BCUT2D eigenvalue weighted by Gasteiger charge is -2.07. The molecule has 2 rings (SSSR count). The van der Waals surface area contributed by atoms with Gasteiger partial charge >= 0.3 is 0 Å². The lowest BCUT2D eigenvalue weighted by atomic mass is 10.2. The van der Waals surface area contributed by atoms with Crippen molar-refractivity contribution in [3.8, 4) is 0 Å². The van der Waals surface area contributed by atoms with Gasteiger partial charge in [-0.1, -0.05) is 6.07 Å². The van der Waals surface area contributed by atoms with Crippen LogP contribution in [-0.2, 0) is 19.5 Å². The van der Waals surface area contributed by atoms with Crippen molar-refractivity contribution in [1.82, 2.24) is 14.9 Å². The summed E-state index contributed by atoms with van der Waals surface area (Å²) >= 11 is 0. The van der Waals surface area contributed by atoms with Crippen LogP contribution in [0, 0.1) is 13.8 Å².